The monoisotopic (exact) mass is 514 g/mol. The zero-order chi connectivity index (χ0) is 27.1. The third kappa shape index (κ3) is 6.08. The molecule has 0 radical (unpaired) electrons. The zero-order valence-corrected chi connectivity index (χ0v) is 22.0. The maximum absolute atomic E-state index is 14.0. The SMILES string of the molecule is CCN(CC)CCCN(CC(=O)N1c2ccccc2CCc2ccccc21)C(=O)c1ccc([N+](=O)[O-])cc1. The van der Waals surface area contributed by atoms with Crippen LogP contribution in [0.2, 0.25) is 0 Å². The summed E-state index contributed by atoms with van der Waals surface area (Å²) < 4.78 is 0. The molecule has 3 aromatic carbocycles. The minimum Gasteiger partial charge on any atom is -0.329 e. The van der Waals surface area contributed by atoms with Crippen LogP contribution in [0.15, 0.2) is 72.8 Å². The largest absolute Gasteiger partial charge is 0.329 e. The van der Waals surface area contributed by atoms with Crippen LogP contribution < -0.4 is 4.90 Å². The van der Waals surface area contributed by atoms with E-state index >= 15 is 0 Å². The number of amides is 2. The molecule has 0 saturated heterocycles. The van der Waals surface area contributed by atoms with Gasteiger partial charge in [0.25, 0.3) is 17.5 Å². The van der Waals surface area contributed by atoms with Crippen molar-refractivity contribution in [1.29, 1.82) is 0 Å². The van der Waals surface area contributed by atoms with Crippen LogP contribution in [0.25, 0.3) is 0 Å². The quantitative estimate of drug-likeness (QED) is 0.273. The smallest absolute Gasteiger partial charge is 0.269 e. The minimum atomic E-state index is -0.492. The molecule has 0 N–H and O–H groups in total. The molecule has 0 saturated carbocycles. The number of non-ortho nitro benzene ring substituents is 1. The molecule has 4 rings (SSSR count). The molecule has 0 unspecified atom stereocenters. The first kappa shape index (κ1) is 27.0. The highest BCUT2D eigenvalue weighted by Crippen LogP contribution is 2.36. The minimum absolute atomic E-state index is 0.0801. The molecule has 3 aromatic rings. The normalized spacial score (nSPS) is 12.4. The summed E-state index contributed by atoms with van der Waals surface area (Å²) >= 11 is 0. The number of aryl methyl sites for hydroxylation is 2. The summed E-state index contributed by atoms with van der Waals surface area (Å²) in [6.07, 6.45) is 2.36. The highest BCUT2D eigenvalue weighted by atomic mass is 16.6. The van der Waals surface area contributed by atoms with E-state index in [-0.39, 0.29) is 24.0 Å². The molecule has 8 heteroatoms. The Labute approximate surface area is 223 Å². The van der Waals surface area contributed by atoms with Gasteiger partial charge in [-0.2, -0.15) is 0 Å². The fourth-order valence-corrected chi connectivity index (χ4v) is 4.97. The van der Waals surface area contributed by atoms with E-state index in [4.69, 9.17) is 0 Å². The maximum atomic E-state index is 14.0. The van der Waals surface area contributed by atoms with Gasteiger partial charge >= 0.3 is 0 Å². The number of hydrogen-bond acceptors (Lipinski definition) is 5. The Morgan fingerprint density at radius 3 is 1.92 bits per heavy atom. The summed E-state index contributed by atoms with van der Waals surface area (Å²) in [6.45, 7) is 7.12. The second-order valence-electron chi connectivity index (χ2n) is 9.40. The van der Waals surface area contributed by atoms with Crippen molar-refractivity contribution in [2.75, 3.05) is 37.6 Å². The molecular formula is C30H34N4O4. The lowest BCUT2D eigenvalue weighted by Crippen LogP contribution is -2.42. The third-order valence-electron chi connectivity index (χ3n) is 7.11. The van der Waals surface area contributed by atoms with E-state index in [1.165, 1.54) is 24.3 Å². The average Bonchev–Trinajstić information content (AvgIpc) is 3.11. The number of carbonyl (C=O) groups excluding carboxylic acids is 2. The average molecular weight is 515 g/mol. The number of hydrogen-bond donors (Lipinski definition) is 0. The van der Waals surface area contributed by atoms with E-state index in [0.717, 1.165) is 55.0 Å². The van der Waals surface area contributed by atoms with E-state index in [9.17, 15) is 19.7 Å². The molecule has 38 heavy (non-hydrogen) atoms. The van der Waals surface area contributed by atoms with Crippen LogP contribution in [0.1, 0.15) is 41.8 Å². The lowest BCUT2D eigenvalue weighted by atomic mass is 10.0. The number of rotatable bonds is 10. The lowest BCUT2D eigenvalue weighted by molar-refractivity contribution is -0.384. The number of nitrogens with zero attached hydrogens (tertiary/aromatic N) is 4. The molecule has 0 bridgehead atoms. The Bertz CT molecular complexity index is 1240. The Morgan fingerprint density at radius 1 is 0.842 bits per heavy atom. The highest BCUT2D eigenvalue weighted by Gasteiger charge is 2.28. The summed E-state index contributed by atoms with van der Waals surface area (Å²) in [4.78, 5) is 43.8. The number of fused-ring (bicyclic) bond motifs is 2. The van der Waals surface area contributed by atoms with Gasteiger partial charge in [0, 0.05) is 24.2 Å². The van der Waals surface area contributed by atoms with E-state index < -0.39 is 4.92 Å². The zero-order valence-electron chi connectivity index (χ0n) is 22.0. The van der Waals surface area contributed by atoms with Crippen LogP contribution in [-0.2, 0) is 17.6 Å². The molecule has 8 nitrogen and oxygen atoms in total. The third-order valence-corrected chi connectivity index (χ3v) is 7.11. The van der Waals surface area contributed by atoms with Crippen LogP contribution in [0, 0.1) is 10.1 Å². The molecule has 198 valence electrons. The van der Waals surface area contributed by atoms with Gasteiger partial charge in [0.1, 0.15) is 6.54 Å². The maximum Gasteiger partial charge on any atom is 0.269 e. The predicted molar refractivity (Wildman–Crippen MR) is 149 cm³/mol. The van der Waals surface area contributed by atoms with Gasteiger partial charge in [-0.1, -0.05) is 50.2 Å². The number of nitro benzene ring substituents is 1. The van der Waals surface area contributed by atoms with Crippen molar-refractivity contribution in [3.63, 3.8) is 0 Å². The molecule has 0 fully saturated rings. The van der Waals surface area contributed by atoms with E-state index in [1.807, 2.05) is 48.5 Å². The van der Waals surface area contributed by atoms with E-state index in [1.54, 1.807) is 9.80 Å². The Hall–Kier alpha value is -4.04. The number of anilines is 2. The van der Waals surface area contributed by atoms with Crippen LogP contribution in [-0.4, -0.2) is 59.3 Å². The highest BCUT2D eigenvalue weighted by molar-refractivity contribution is 6.05. The van der Waals surface area contributed by atoms with Gasteiger partial charge in [-0.3, -0.25) is 24.6 Å². The van der Waals surface area contributed by atoms with Crippen molar-refractivity contribution in [3.05, 3.63) is 99.6 Å². The molecule has 1 aliphatic rings. The van der Waals surface area contributed by atoms with Crippen LogP contribution >= 0.6 is 0 Å². The van der Waals surface area contributed by atoms with Crippen molar-refractivity contribution in [3.8, 4) is 0 Å². The van der Waals surface area contributed by atoms with Gasteiger partial charge in [0.15, 0.2) is 0 Å². The van der Waals surface area contributed by atoms with Crippen LogP contribution in [0.4, 0.5) is 17.1 Å². The topological polar surface area (TPSA) is 87.0 Å². The predicted octanol–water partition coefficient (Wildman–Crippen LogP) is 5.23. The van der Waals surface area contributed by atoms with Crippen molar-refractivity contribution in [2.24, 2.45) is 0 Å². The van der Waals surface area contributed by atoms with E-state index in [0.29, 0.717) is 18.5 Å². The Kier molecular flexibility index (Phi) is 8.86. The molecule has 0 atom stereocenters. The molecule has 1 aliphatic heterocycles. The Balaban J connectivity index is 1.63. The first-order valence-corrected chi connectivity index (χ1v) is 13.2. The molecule has 2 amide bonds. The summed E-state index contributed by atoms with van der Waals surface area (Å²) in [6, 6.07) is 21.4. The molecule has 0 spiro atoms. The van der Waals surface area contributed by atoms with Gasteiger partial charge in [-0.05, 0) is 74.3 Å². The summed E-state index contributed by atoms with van der Waals surface area (Å²) in [5.74, 6) is -0.505. The molecular weight excluding hydrogens is 480 g/mol. The number of para-hydroxylation sites is 2. The van der Waals surface area contributed by atoms with Crippen LogP contribution in [0.3, 0.4) is 0 Å². The van der Waals surface area contributed by atoms with Crippen molar-refractivity contribution < 1.29 is 14.5 Å². The summed E-state index contributed by atoms with van der Waals surface area (Å²) in [7, 11) is 0. The number of carbonyl (C=O) groups is 2. The van der Waals surface area contributed by atoms with Gasteiger partial charge in [-0.25, -0.2) is 0 Å². The fourth-order valence-electron chi connectivity index (χ4n) is 4.97. The fraction of sp³-hybridized carbons (Fsp3) is 0.333. The first-order valence-electron chi connectivity index (χ1n) is 13.2. The van der Waals surface area contributed by atoms with Gasteiger partial charge in [0.2, 0.25) is 0 Å². The number of nitro groups is 1. The van der Waals surface area contributed by atoms with Crippen LogP contribution in [0.5, 0.6) is 0 Å². The number of benzene rings is 3. The van der Waals surface area contributed by atoms with Crippen molar-refractivity contribution in [1.82, 2.24) is 9.80 Å². The molecule has 0 aromatic heterocycles. The summed E-state index contributed by atoms with van der Waals surface area (Å²) in [5, 5.41) is 11.1. The second kappa shape index (κ2) is 12.5. The standard InChI is InChI=1S/C30H34N4O4/c1-3-31(4-2)20-9-21-32(30(36)25-16-18-26(19-17-25)34(37)38)22-29(35)33-27-12-7-5-10-23(27)14-15-24-11-6-8-13-28(24)33/h5-8,10-13,16-19H,3-4,9,14-15,20-22H2,1-2H3. The van der Waals surface area contributed by atoms with Crippen molar-refractivity contribution >= 4 is 28.9 Å². The van der Waals surface area contributed by atoms with Gasteiger partial charge in [0.05, 0.1) is 16.3 Å². The van der Waals surface area contributed by atoms with Crippen molar-refractivity contribution in [2.45, 2.75) is 33.1 Å². The summed E-state index contributed by atoms with van der Waals surface area (Å²) in [5.41, 5.74) is 4.10. The molecule has 0 aliphatic carbocycles. The molecule has 1 heterocycles. The van der Waals surface area contributed by atoms with Gasteiger partial charge in [-0.15, -0.1) is 0 Å². The van der Waals surface area contributed by atoms with Gasteiger partial charge < -0.3 is 9.80 Å². The lowest BCUT2D eigenvalue weighted by Gasteiger charge is -2.29. The second-order valence-corrected chi connectivity index (χ2v) is 9.40. The Morgan fingerprint density at radius 2 is 1.39 bits per heavy atom. The first-order chi connectivity index (χ1) is 18.4. The van der Waals surface area contributed by atoms with E-state index in [2.05, 4.69) is 18.7 Å².